The molecule has 22 heavy (non-hydrogen) atoms. The summed E-state index contributed by atoms with van der Waals surface area (Å²) in [6, 6.07) is 4.79. The van der Waals surface area contributed by atoms with Gasteiger partial charge in [-0.3, -0.25) is 4.90 Å². The number of aliphatic hydroxyl groups is 1. The Morgan fingerprint density at radius 3 is 3.00 bits per heavy atom. The van der Waals surface area contributed by atoms with Gasteiger partial charge in [0.15, 0.2) is 0 Å². The Bertz CT molecular complexity index is 608. The normalized spacial score (nSPS) is 28.5. The van der Waals surface area contributed by atoms with Gasteiger partial charge in [-0.15, -0.1) is 0 Å². The number of carbonyl (C=O) groups is 1. The van der Waals surface area contributed by atoms with Crippen molar-refractivity contribution >= 4 is 5.97 Å². The molecule has 1 aromatic carbocycles. The molecule has 118 valence electrons. The van der Waals surface area contributed by atoms with Crippen molar-refractivity contribution in [3.63, 3.8) is 0 Å². The molecule has 3 atom stereocenters. The van der Waals surface area contributed by atoms with E-state index in [1.807, 2.05) is 13.0 Å². The maximum absolute atomic E-state index is 11.6. The smallest absolute Gasteiger partial charge is 0.338 e. The molecule has 4 aliphatic heterocycles. The number of benzene rings is 1. The highest BCUT2D eigenvalue weighted by molar-refractivity contribution is 5.93. The van der Waals surface area contributed by atoms with Gasteiger partial charge in [-0.1, -0.05) is 6.07 Å². The SMILES string of the molecule is Cc1c([C@@H](O)CN2CC3CCC2CN3)ccc2c1COC2=O. The first kappa shape index (κ1) is 14.2. The first-order chi connectivity index (χ1) is 10.6. The van der Waals surface area contributed by atoms with E-state index < -0.39 is 6.10 Å². The van der Waals surface area contributed by atoms with Gasteiger partial charge < -0.3 is 15.2 Å². The second kappa shape index (κ2) is 5.33. The molecular weight excluding hydrogens is 280 g/mol. The van der Waals surface area contributed by atoms with Crippen LogP contribution in [0.5, 0.6) is 0 Å². The summed E-state index contributed by atoms with van der Waals surface area (Å²) in [6.07, 6.45) is 1.95. The van der Waals surface area contributed by atoms with E-state index in [0.29, 0.717) is 30.8 Å². The van der Waals surface area contributed by atoms with Crippen LogP contribution >= 0.6 is 0 Å². The molecule has 5 nitrogen and oxygen atoms in total. The number of fused-ring (bicyclic) bond motifs is 4. The Hall–Kier alpha value is -1.43. The summed E-state index contributed by atoms with van der Waals surface area (Å²) < 4.78 is 5.09. The van der Waals surface area contributed by atoms with E-state index >= 15 is 0 Å². The zero-order chi connectivity index (χ0) is 15.3. The third-order valence-corrected chi connectivity index (χ3v) is 5.44. The topological polar surface area (TPSA) is 61.8 Å². The highest BCUT2D eigenvalue weighted by Crippen LogP contribution is 2.31. The van der Waals surface area contributed by atoms with Gasteiger partial charge in [0.25, 0.3) is 0 Å². The Morgan fingerprint density at radius 1 is 1.45 bits per heavy atom. The van der Waals surface area contributed by atoms with E-state index in [9.17, 15) is 9.90 Å². The van der Waals surface area contributed by atoms with Crippen LogP contribution in [0.25, 0.3) is 0 Å². The van der Waals surface area contributed by atoms with Crippen LogP contribution in [0.1, 0.15) is 46.0 Å². The third-order valence-electron chi connectivity index (χ3n) is 5.44. The van der Waals surface area contributed by atoms with E-state index in [2.05, 4.69) is 10.2 Å². The summed E-state index contributed by atoms with van der Waals surface area (Å²) in [4.78, 5) is 14.0. The maximum Gasteiger partial charge on any atom is 0.338 e. The average Bonchev–Trinajstić information content (AvgIpc) is 2.91. The average molecular weight is 302 g/mol. The van der Waals surface area contributed by atoms with Crippen molar-refractivity contribution in [3.8, 4) is 0 Å². The summed E-state index contributed by atoms with van der Waals surface area (Å²) in [7, 11) is 0. The quantitative estimate of drug-likeness (QED) is 0.820. The molecule has 2 bridgehead atoms. The van der Waals surface area contributed by atoms with Gasteiger partial charge in [0.05, 0.1) is 11.7 Å². The number of ether oxygens (including phenoxy) is 1. The molecule has 3 fully saturated rings. The number of piperazine rings is 1. The van der Waals surface area contributed by atoms with Gasteiger partial charge in [0.2, 0.25) is 0 Å². The standard InChI is InChI=1S/C17H22N2O3/c1-10-13(4-5-14-15(10)9-22-17(14)21)16(20)8-19-7-11-2-3-12(19)6-18-11/h4-5,11-12,16,18,20H,2-3,6-9H2,1H3/t11?,12?,16-/m0/s1. The number of aliphatic hydroxyl groups excluding tert-OH is 1. The van der Waals surface area contributed by atoms with Gasteiger partial charge in [0, 0.05) is 37.3 Å². The van der Waals surface area contributed by atoms with Crippen molar-refractivity contribution in [2.24, 2.45) is 0 Å². The molecule has 0 spiro atoms. The van der Waals surface area contributed by atoms with Crippen molar-refractivity contribution in [3.05, 3.63) is 34.4 Å². The van der Waals surface area contributed by atoms with Gasteiger partial charge in [-0.25, -0.2) is 4.79 Å². The first-order valence-corrected chi connectivity index (χ1v) is 8.08. The van der Waals surface area contributed by atoms with Gasteiger partial charge in [-0.05, 0) is 37.0 Å². The van der Waals surface area contributed by atoms with Crippen LogP contribution in [0.2, 0.25) is 0 Å². The fraction of sp³-hybridized carbons (Fsp3) is 0.588. The van der Waals surface area contributed by atoms with Gasteiger partial charge in [0.1, 0.15) is 6.61 Å². The third kappa shape index (κ3) is 2.24. The van der Waals surface area contributed by atoms with Crippen LogP contribution in [0.4, 0.5) is 0 Å². The van der Waals surface area contributed by atoms with Crippen molar-refractivity contribution in [2.45, 2.75) is 44.6 Å². The monoisotopic (exact) mass is 302 g/mol. The Morgan fingerprint density at radius 2 is 2.32 bits per heavy atom. The molecule has 0 aromatic heterocycles. The van der Waals surface area contributed by atoms with Crippen molar-refractivity contribution in [1.29, 1.82) is 0 Å². The molecule has 5 heteroatoms. The Balaban J connectivity index is 1.54. The lowest BCUT2D eigenvalue weighted by Crippen LogP contribution is -2.61. The molecule has 3 saturated heterocycles. The molecule has 4 aliphatic rings. The molecule has 0 aliphatic carbocycles. The van der Waals surface area contributed by atoms with Crippen molar-refractivity contribution in [1.82, 2.24) is 10.2 Å². The lowest BCUT2D eigenvalue weighted by molar-refractivity contribution is 0.0285. The molecule has 4 heterocycles. The minimum Gasteiger partial charge on any atom is -0.457 e. The Labute approximate surface area is 130 Å². The number of carbonyl (C=O) groups excluding carboxylic acids is 1. The molecule has 2 unspecified atom stereocenters. The first-order valence-electron chi connectivity index (χ1n) is 8.08. The molecule has 0 saturated carbocycles. The minimum atomic E-state index is -0.514. The number of cyclic esters (lactones) is 1. The second-order valence-electron chi connectivity index (χ2n) is 6.69. The van der Waals surface area contributed by atoms with Gasteiger partial charge >= 0.3 is 5.97 Å². The number of nitrogens with one attached hydrogen (secondary N) is 1. The highest BCUT2D eigenvalue weighted by Gasteiger charge is 2.35. The Kier molecular flexibility index (Phi) is 3.44. The number of piperidine rings is 2. The van der Waals surface area contributed by atoms with E-state index in [1.54, 1.807) is 6.07 Å². The fourth-order valence-electron chi connectivity index (χ4n) is 4.07. The lowest BCUT2D eigenvalue weighted by atomic mass is 9.91. The molecular formula is C17H22N2O3. The van der Waals surface area contributed by atoms with Crippen LogP contribution in [0.15, 0.2) is 12.1 Å². The molecule has 1 aromatic rings. The lowest BCUT2D eigenvalue weighted by Gasteiger charge is -2.46. The van der Waals surface area contributed by atoms with Crippen molar-refractivity contribution < 1.29 is 14.6 Å². The summed E-state index contributed by atoms with van der Waals surface area (Å²) >= 11 is 0. The molecule has 2 N–H and O–H groups in total. The van der Waals surface area contributed by atoms with E-state index in [0.717, 1.165) is 29.8 Å². The van der Waals surface area contributed by atoms with Crippen LogP contribution < -0.4 is 5.32 Å². The molecule has 0 radical (unpaired) electrons. The minimum absolute atomic E-state index is 0.251. The largest absolute Gasteiger partial charge is 0.457 e. The van der Waals surface area contributed by atoms with Crippen LogP contribution in [-0.2, 0) is 11.3 Å². The second-order valence-corrected chi connectivity index (χ2v) is 6.69. The summed E-state index contributed by atoms with van der Waals surface area (Å²) in [5.41, 5.74) is 3.50. The molecule has 5 rings (SSSR count). The van der Waals surface area contributed by atoms with Crippen LogP contribution in [0.3, 0.4) is 0 Å². The number of esters is 1. The van der Waals surface area contributed by atoms with E-state index in [4.69, 9.17) is 4.74 Å². The summed E-state index contributed by atoms with van der Waals surface area (Å²) in [5, 5.41) is 14.2. The fourth-order valence-corrected chi connectivity index (χ4v) is 4.07. The predicted molar refractivity (Wildman–Crippen MR) is 81.6 cm³/mol. The number of rotatable bonds is 3. The zero-order valence-electron chi connectivity index (χ0n) is 12.8. The number of nitrogens with zero attached hydrogens (tertiary/aromatic N) is 1. The predicted octanol–water partition coefficient (Wildman–Crippen LogP) is 1.14. The van der Waals surface area contributed by atoms with E-state index in [1.165, 1.54) is 12.8 Å². The van der Waals surface area contributed by atoms with Crippen LogP contribution in [0, 0.1) is 6.92 Å². The number of hydrogen-bond acceptors (Lipinski definition) is 5. The summed E-state index contributed by atoms with van der Waals surface area (Å²) in [6.45, 7) is 5.02. The number of hydrogen-bond donors (Lipinski definition) is 2. The highest BCUT2D eigenvalue weighted by atomic mass is 16.5. The molecule has 0 amide bonds. The summed E-state index contributed by atoms with van der Waals surface area (Å²) in [5.74, 6) is -0.251. The van der Waals surface area contributed by atoms with E-state index in [-0.39, 0.29) is 5.97 Å². The zero-order valence-corrected chi connectivity index (χ0v) is 12.8. The van der Waals surface area contributed by atoms with Crippen LogP contribution in [-0.4, -0.2) is 47.7 Å². The van der Waals surface area contributed by atoms with Gasteiger partial charge in [-0.2, -0.15) is 0 Å². The van der Waals surface area contributed by atoms with Crippen molar-refractivity contribution in [2.75, 3.05) is 19.6 Å². The maximum atomic E-state index is 11.6.